The van der Waals surface area contributed by atoms with E-state index in [1.54, 1.807) is 30.3 Å². The Kier molecular flexibility index (Phi) is 4.23. The van der Waals surface area contributed by atoms with Gasteiger partial charge in [0.2, 0.25) is 0 Å². The van der Waals surface area contributed by atoms with E-state index in [4.69, 9.17) is 4.55 Å². The Morgan fingerprint density at radius 1 is 1.27 bits per heavy atom. The zero-order valence-electron chi connectivity index (χ0n) is 8.14. The number of halogens is 1. The topological polar surface area (TPSA) is 54.4 Å². The third-order valence-corrected chi connectivity index (χ3v) is 2.83. The SMILES string of the molecule is O=S(=O)(O)CCCC(F)c1ccccc1. The molecule has 0 aliphatic carbocycles. The molecule has 0 aromatic heterocycles. The average Bonchev–Trinajstić information content (AvgIpc) is 2.17. The summed E-state index contributed by atoms with van der Waals surface area (Å²) in [6.07, 6.45) is -0.952. The van der Waals surface area contributed by atoms with E-state index in [9.17, 15) is 12.8 Å². The molecule has 1 aromatic carbocycles. The fourth-order valence-electron chi connectivity index (χ4n) is 1.27. The highest BCUT2D eigenvalue weighted by Gasteiger charge is 2.11. The maximum Gasteiger partial charge on any atom is 0.264 e. The fourth-order valence-corrected chi connectivity index (χ4v) is 1.80. The first-order valence-corrected chi connectivity index (χ1v) is 6.24. The van der Waals surface area contributed by atoms with E-state index in [0.29, 0.717) is 5.56 Å². The molecule has 0 aliphatic rings. The Balaban J connectivity index is 2.41. The van der Waals surface area contributed by atoms with Crippen LogP contribution in [-0.4, -0.2) is 18.7 Å². The van der Waals surface area contributed by atoms with Crippen molar-refractivity contribution >= 4 is 10.1 Å². The van der Waals surface area contributed by atoms with Gasteiger partial charge in [0.25, 0.3) is 10.1 Å². The minimum absolute atomic E-state index is 0.101. The van der Waals surface area contributed by atoms with Crippen LogP contribution in [0.25, 0.3) is 0 Å². The lowest BCUT2D eigenvalue weighted by atomic mass is 10.1. The summed E-state index contributed by atoms with van der Waals surface area (Å²) < 4.78 is 42.6. The molecule has 15 heavy (non-hydrogen) atoms. The van der Waals surface area contributed by atoms with E-state index in [1.165, 1.54) is 0 Å². The molecule has 0 aliphatic heterocycles. The Hall–Kier alpha value is -0.940. The highest BCUT2D eigenvalue weighted by molar-refractivity contribution is 7.85. The minimum Gasteiger partial charge on any atom is -0.286 e. The van der Waals surface area contributed by atoms with Crippen LogP contribution in [0.1, 0.15) is 24.6 Å². The Labute approximate surface area is 88.7 Å². The molecule has 5 heteroatoms. The highest BCUT2D eigenvalue weighted by Crippen LogP contribution is 2.22. The molecule has 0 fully saturated rings. The molecule has 1 atom stereocenters. The maximum atomic E-state index is 13.4. The molecule has 1 aromatic rings. The molecule has 1 unspecified atom stereocenters. The lowest BCUT2D eigenvalue weighted by molar-refractivity contribution is 0.320. The van der Waals surface area contributed by atoms with Crippen molar-refractivity contribution < 1.29 is 17.4 Å². The molecule has 1 N–H and O–H groups in total. The summed E-state index contributed by atoms with van der Waals surface area (Å²) in [4.78, 5) is 0. The fraction of sp³-hybridized carbons (Fsp3) is 0.400. The zero-order chi connectivity index (χ0) is 11.3. The van der Waals surface area contributed by atoms with Crippen LogP contribution in [0.4, 0.5) is 4.39 Å². The molecule has 84 valence electrons. The second kappa shape index (κ2) is 5.23. The van der Waals surface area contributed by atoms with E-state index in [1.807, 2.05) is 0 Å². The third kappa shape index (κ3) is 4.90. The second-order valence-electron chi connectivity index (χ2n) is 3.31. The molecule has 0 radical (unpaired) electrons. The second-order valence-corrected chi connectivity index (χ2v) is 4.88. The van der Waals surface area contributed by atoms with E-state index in [0.717, 1.165) is 0 Å². The van der Waals surface area contributed by atoms with Gasteiger partial charge in [-0.3, -0.25) is 4.55 Å². The molecule has 0 bridgehead atoms. The number of benzene rings is 1. The lowest BCUT2D eigenvalue weighted by Crippen LogP contribution is -2.04. The van der Waals surface area contributed by atoms with Crippen LogP contribution in [-0.2, 0) is 10.1 Å². The van der Waals surface area contributed by atoms with Gasteiger partial charge in [0, 0.05) is 0 Å². The van der Waals surface area contributed by atoms with Crippen LogP contribution in [0.3, 0.4) is 0 Å². The molecule has 0 amide bonds. The number of rotatable bonds is 5. The van der Waals surface area contributed by atoms with Crippen molar-refractivity contribution in [2.24, 2.45) is 0 Å². The molecule has 1 rings (SSSR count). The highest BCUT2D eigenvalue weighted by atomic mass is 32.2. The van der Waals surface area contributed by atoms with Gasteiger partial charge >= 0.3 is 0 Å². The number of hydrogen-bond donors (Lipinski definition) is 1. The van der Waals surface area contributed by atoms with Crippen LogP contribution in [0.5, 0.6) is 0 Å². The molecule has 0 heterocycles. The van der Waals surface area contributed by atoms with Crippen LogP contribution < -0.4 is 0 Å². The quantitative estimate of drug-likeness (QED) is 0.793. The van der Waals surface area contributed by atoms with Crippen molar-refractivity contribution in [2.45, 2.75) is 19.0 Å². The maximum absolute atomic E-state index is 13.4. The molecule has 3 nitrogen and oxygen atoms in total. The number of alkyl halides is 1. The zero-order valence-corrected chi connectivity index (χ0v) is 8.95. The van der Waals surface area contributed by atoms with E-state index < -0.39 is 16.3 Å². The predicted octanol–water partition coefficient (Wildman–Crippen LogP) is 2.37. The standard InChI is InChI=1S/C10H13FO3S/c11-10(7-4-8-15(12,13)14)9-5-2-1-3-6-9/h1-3,5-6,10H,4,7-8H2,(H,12,13,14). The number of hydrogen-bond acceptors (Lipinski definition) is 2. The molecule has 0 saturated heterocycles. The Morgan fingerprint density at radius 2 is 1.87 bits per heavy atom. The molecular weight excluding hydrogens is 219 g/mol. The summed E-state index contributed by atoms with van der Waals surface area (Å²) in [6.45, 7) is 0. The molecule has 0 spiro atoms. The lowest BCUT2D eigenvalue weighted by Gasteiger charge is -2.06. The van der Waals surface area contributed by atoms with Gasteiger partial charge in [-0.15, -0.1) is 0 Å². The predicted molar refractivity (Wildman–Crippen MR) is 55.9 cm³/mol. The monoisotopic (exact) mass is 232 g/mol. The van der Waals surface area contributed by atoms with Crippen LogP contribution in [0, 0.1) is 0 Å². The third-order valence-electron chi connectivity index (χ3n) is 2.02. The first-order chi connectivity index (χ1) is 6.99. The van der Waals surface area contributed by atoms with Gasteiger partial charge in [-0.25, -0.2) is 4.39 Å². The van der Waals surface area contributed by atoms with Crippen LogP contribution >= 0.6 is 0 Å². The average molecular weight is 232 g/mol. The smallest absolute Gasteiger partial charge is 0.264 e. The van der Waals surface area contributed by atoms with Crippen molar-refractivity contribution in [3.05, 3.63) is 35.9 Å². The van der Waals surface area contributed by atoms with Crippen molar-refractivity contribution in [3.63, 3.8) is 0 Å². The van der Waals surface area contributed by atoms with Crippen molar-refractivity contribution in [1.29, 1.82) is 0 Å². The van der Waals surface area contributed by atoms with Crippen LogP contribution in [0.2, 0.25) is 0 Å². The van der Waals surface area contributed by atoms with Crippen LogP contribution in [0.15, 0.2) is 30.3 Å². The minimum atomic E-state index is -3.97. The van der Waals surface area contributed by atoms with E-state index in [2.05, 4.69) is 0 Å². The summed E-state index contributed by atoms with van der Waals surface area (Å²) in [5.74, 6) is -0.389. The van der Waals surface area contributed by atoms with Crippen molar-refractivity contribution in [3.8, 4) is 0 Å². The van der Waals surface area contributed by atoms with E-state index in [-0.39, 0.29) is 18.6 Å². The summed E-state index contributed by atoms with van der Waals surface area (Å²) in [5.41, 5.74) is 0.535. The summed E-state index contributed by atoms with van der Waals surface area (Å²) in [6, 6.07) is 8.54. The summed E-state index contributed by atoms with van der Waals surface area (Å²) >= 11 is 0. The van der Waals surface area contributed by atoms with Crippen molar-refractivity contribution in [2.75, 3.05) is 5.75 Å². The molecule has 0 saturated carbocycles. The Morgan fingerprint density at radius 3 is 2.40 bits per heavy atom. The Bertz CT molecular complexity index is 388. The van der Waals surface area contributed by atoms with Gasteiger partial charge in [-0.2, -0.15) is 8.42 Å². The first kappa shape index (κ1) is 12.1. The normalized spacial score (nSPS) is 13.7. The van der Waals surface area contributed by atoms with Gasteiger partial charge < -0.3 is 0 Å². The summed E-state index contributed by atoms with van der Waals surface area (Å²) in [5, 5.41) is 0. The van der Waals surface area contributed by atoms with Gasteiger partial charge in [0.15, 0.2) is 0 Å². The molecular formula is C10H13FO3S. The van der Waals surface area contributed by atoms with Gasteiger partial charge in [-0.05, 0) is 18.4 Å². The van der Waals surface area contributed by atoms with Gasteiger partial charge in [0.1, 0.15) is 6.17 Å². The van der Waals surface area contributed by atoms with E-state index >= 15 is 0 Å². The summed E-state index contributed by atoms with van der Waals surface area (Å²) in [7, 11) is -3.97. The first-order valence-electron chi connectivity index (χ1n) is 4.63. The largest absolute Gasteiger partial charge is 0.286 e. The van der Waals surface area contributed by atoms with Gasteiger partial charge in [-0.1, -0.05) is 30.3 Å². The van der Waals surface area contributed by atoms with Crippen molar-refractivity contribution in [1.82, 2.24) is 0 Å². The van der Waals surface area contributed by atoms with Gasteiger partial charge in [0.05, 0.1) is 5.75 Å².